The molecule has 0 spiro atoms. The fraction of sp³-hybridized carbons (Fsp3) is 0.875. The van der Waals surface area contributed by atoms with Gasteiger partial charge in [0.15, 0.2) is 0 Å². The van der Waals surface area contributed by atoms with Gasteiger partial charge in [-0.25, -0.2) is 4.79 Å². The first-order valence-electron chi connectivity index (χ1n) is 4.44. The van der Waals surface area contributed by atoms with E-state index in [-0.39, 0.29) is 5.35 Å². The zero-order valence-electron chi connectivity index (χ0n) is 9.34. The average molecular weight is 220 g/mol. The summed E-state index contributed by atoms with van der Waals surface area (Å²) in [6.07, 6.45) is -1.13. The van der Waals surface area contributed by atoms with Gasteiger partial charge in [-0.1, -0.05) is 39.3 Å². The van der Waals surface area contributed by atoms with Gasteiger partial charge in [0, 0.05) is 0 Å². The minimum Gasteiger partial charge on any atom is -0.450 e. The molecule has 0 fully saturated rings. The molecule has 78 valence electrons. The molecule has 0 aliphatic carbocycles. The zero-order chi connectivity index (χ0) is 10.9. The van der Waals surface area contributed by atoms with E-state index in [1.807, 2.05) is 0 Å². The second kappa shape index (κ2) is 3.83. The maximum absolute atomic E-state index is 10.5. The van der Waals surface area contributed by atoms with E-state index in [2.05, 4.69) is 39.3 Å². The van der Waals surface area contributed by atoms with Crippen molar-refractivity contribution in [2.75, 3.05) is 0 Å². The minimum atomic E-state index is -1.53. The first kappa shape index (κ1) is 12.7. The molecule has 0 aliphatic heterocycles. The highest BCUT2D eigenvalue weighted by Gasteiger charge is 2.40. The SMILES string of the molecule is C[Si](C)(C)C(OC(=O)O)[Si](C)(C)C. The van der Waals surface area contributed by atoms with Gasteiger partial charge in [-0.15, -0.1) is 0 Å². The number of ether oxygens (including phenoxy) is 1. The van der Waals surface area contributed by atoms with Crippen LogP contribution < -0.4 is 0 Å². The Bertz CT molecular complexity index is 177. The Morgan fingerprint density at radius 1 is 1.08 bits per heavy atom. The van der Waals surface area contributed by atoms with Gasteiger partial charge in [0.1, 0.15) is 0 Å². The number of hydrogen-bond acceptors (Lipinski definition) is 2. The van der Waals surface area contributed by atoms with Crippen molar-refractivity contribution in [2.24, 2.45) is 0 Å². The summed E-state index contributed by atoms with van der Waals surface area (Å²) in [5.74, 6) is 0. The molecule has 13 heavy (non-hydrogen) atoms. The predicted molar refractivity (Wildman–Crippen MR) is 59.6 cm³/mol. The first-order chi connectivity index (χ1) is 5.55. The molecule has 5 heteroatoms. The lowest BCUT2D eigenvalue weighted by Gasteiger charge is -2.36. The van der Waals surface area contributed by atoms with Crippen LogP contribution in [0.2, 0.25) is 39.3 Å². The third-order valence-corrected chi connectivity index (χ3v) is 10.4. The number of carboxylic acid groups (broad SMARTS) is 1. The average Bonchev–Trinajstić information content (AvgIpc) is 1.77. The van der Waals surface area contributed by atoms with E-state index in [1.165, 1.54) is 0 Å². The van der Waals surface area contributed by atoms with Crippen LogP contribution in [0.15, 0.2) is 0 Å². The topological polar surface area (TPSA) is 46.5 Å². The fourth-order valence-electron chi connectivity index (χ4n) is 1.75. The summed E-state index contributed by atoms with van der Waals surface area (Å²) in [6, 6.07) is 0. The zero-order valence-corrected chi connectivity index (χ0v) is 11.3. The summed E-state index contributed by atoms with van der Waals surface area (Å²) >= 11 is 0. The van der Waals surface area contributed by atoms with Crippen LogP contribution in [0.1, 0.15) is 0 Å². The summed E-state index contributed by atoms with van der Waals surface area (Å²) in [5.41, 5.74) is 0. The van der Waals surface area contributed by atoms with E-state index in [0.29, 0.717) is 0 Å². The summed E-state index contributed by atoms with van der Waals surface area (Å²) < 4.78 is 5.02. The summed E-state index contributed by atoms with van der Waals surface area (Å²) in [5, 5.41) is 8.62. The lowest BCUT2D eigenvalue weighted by atomic mass is 11.3. The van der Waals surface area contributed by atoms with Gasteiger partial charge >= 0.3 is 6.16 Å². The summed E-state index contributed by atoms with van der Waals surface area (Å²) in [6.45, 7) is 12.9. The van der Waals surface area contributed by atoms with Crippen LogP contribution in [-0.2, 0) is 4.74 Å². The van der Waals surface area contributed by atoms with Gasteiger partial charge in [0.05, 0.1) is 21.5 Å². The number of carbonyl (C=O) groups is 1. The Hall–Kier alpha value is -0.296. The number of rotatable bonds is 3. The summed E-state index contributed by atoms with van der Waals surface area (Å²) in [7, 11) is -3.05. The minimum absolute atomic E-state index is 0.0162. The van der Waals surface area contributed by atoms with Crippen LogP contribution in [0.3, 0.4) is 0 Å². The van der Waals surface area contributed by atoms with E-state index in [0.717, 1.165) is 0 Å². The highest BCUT2D eigenvalue weighted by Crippen LogP contribution is 2.22. The third-order valence-electron chi connectivity index (χ3n) is 1.79. The molecule has 0 aromatic carbocycles. The van der Waals surface area contributed by atoms with Crippen molar-refractivity contribution in [2.45, 2.75) is 44.6 Å². The molecule has 0 amide bonds. The van der Waals surface area contributed by atoms with Crippen molar-refractivity contribution < 1.29 is 14.6 Å². The molecule has 0 radical (unpaired) electrons. The Morgan fingerprint density at radius 2 is 1.38 bits per heavy atom. The van der Waals surface area contributed by atoms with Crippen LogP contribution in [-0.4, -0.2) is 32.8 Å². The molecule has 3 nitrogen and oxygen atoms in total. The molecule has 0 atom stereocenters. The Kier molecular flexibility index (Phi) is 3.75. The van der Waals surface area contributed by atoms with Crippen molar-refractivity contribution >= 4 is 22.3 Å². The smallest absolute Gasteiger partial charge is 0.450 e. The molecule has 0 rings (SSSR count). The molecule has 0 saturated heterocycles. The van der Waals surface area contributed by atoms with Gasteiger partial charge in [0.25, 0.3) is 0 Å². The van der Waals surface area contributed by atoms with E-state index in [4.69, 9.17) is 9.84 Å². The maximum atomic E-state index is 10.5. The maximum Gasteiger partial charge on any atom is 0.505 e. The molecule has 0 aromatic heterocycles. The Labute approximate surface area is 82.1 Å². The normalized spacial score (nSPS) is 13.2. The van der Waals surface area contributed by atoms with Crippen LogP contribution in [0.25, 0.3) is 0 Å². The molecular formula is C8H20O3Si2. The standard InChI is InChI=1S/C8H20O3Si2/c1-12(2,3)8(11-7(9)10)13(4,5)6/h8H,1-6H3,(H,9,10). The largest absolute Gasteiger partial charge is 0.505 e. The summed E-state index contributed by atoms with van der Waals surface area (Å²) in [4.78, 5) is 10.5. The third kappa shape index (κ3) is 4.47. The van der Waals surface area contributed by atoms with E-state index >= 15 is 0 Å². The molecule has 0 bridgehead atoms. The van der Waals surface area contributed by atoms with E-state index in [1.54, 1.807) is 0 Å². The van der Waals surface area contributed by atoms with Gasteiger partial charge in [-0.3, -0.25) is 0 Å². The van der Waals surface area contributed by atoms with Crippen LogP contribution in [0, 0.1) is 0 Å². The molecule has 0 saturated carbocycles. The van der Waals surface area contributed by atoms with E-state index < -0.39 is 22.3 Å². The molecule has 0 aliphatic rings. The van der Waals surface area contributed by atoms with Gasteiger partial charge < -0.3 is 9.84 Å². The second-order valence-electron chi connectivity index (χ2n) is 5.50. The van der Waals surface area contributed by atoms with Crippen molar-refractivity contribution in [1.82, 2.24) is 0 Å². The Morgan fingerprint density at radius 3 is 1.46 bits per heavy atom. The van der Waals surface area contributed by atoms with Crippen LogP contribution >= 0.6 is 0 Å². The molecule has 1 N–H and O–H groups in total. The van der Waals surface area contributed by atoms with Gasteiger partial charge in [-0.2, -0.15) is 0 Å². The van der Waals surface area contributed by atoms with E-state index in [9.17, 15) is 4.79 Å². The van der Waals surface area contributed by atoms with Crippen LogP contribution in [0.5, 0.6) is 0 Å². The van der Waals surface area contributed by atoms with Crippen molar-refractivity contribution in [3.05, 3.63) is 0 Å². The predicted octanol–water partition coefficient (Wildman–Crippen LogP) is 2.80. The van der Waals surface area contributed by atoms with Gasteiger partial charge in [-0.05, 0) is 0 Å². The van der Waals surface area contributed by atoms with Crippen LogP contribution in [0.4, 0.5) is 4.79 Å². The van der Waals surface area contributed by atoms with Crippen molar-refractivity contribution in [3.8, 4) is 0 Å². The van der Waals surface area contributed by atoms with Crippen molar-refractivity contribution in [3.63, 3.8) is 0 Å². The first-order valence-corrected chi connectivity index (χ1v) is 11.6. The Balaban J connectivity index is 4.68. The quantitative estimate of drug-likeness (QED) is 0.587. The lowest BCUT2D eigenvalue weighted by molar-refractivity contribution is 0.0936. The highest BCUT2D eigenvalue weighted by atomic mass is 28.4. The van der Waals surface area contributed by atoms with Gasteiger partial charge in [0.2, 0.25) is 0 Å². The molecule has 0 unspecified atom stereocenters. The van der Waals surface area contributed by atoms with Crippen molar-refractivity contribution in [1.29, 1.82) is 0 Å². The highest BCUT2D eigenvalue weighted by molar-refractivity contribution is 6.96. The lowest BCUT2D eigenvalue weighted by Crippen LogP contribution is -2.56. The molecule has 0 heterocycles. The second-order valence-corrected chi connectivity index (χ2v) is 16.6. The number of hydrogen-bond donors (Lipinski definition) is 1. The molecule has 0 aromatic rings. The monoisotopic (exact) mass is 220 g/mol. The fourth-order valence-corrected chi connectivity index (χ4v) is 13.1. The molecular weight excluding hydrogens is 200 g/mol.